The molecular weight excluding hydrogens is 224 g/mol. The SMILES string of the molecule is COc1ccc(C(C)(C)CNCC(C)CN)cc1. The van der Waals surface area contributed by atoms with Crippen LogP contribution >= 0.6 is 0 Å². The molecule has 0 aliphatic rings. The fraction of sp³-hybridized carbons (Fsp3) is 0.600. The number of hydrogen-bond acceptors (Lipinski definition) is 3. The molecule has 1 aromatic rings. The minimum Gasteiger partial charge on any atom is -0.497 e. The van der Waals surface area contributed by atoms with E-state index >= 15 is 0 Å². The molecule has 0 saturated carbocycles. The summed E-state index contributed by atoms with van der Waals surface area (Å²) < 4.78 is 5.18. The minimum atomic E-state index is 0.112. The molecule has 102 valence electrons. The highest BCUT2D eigenvalue weighted by atomic mass is 16.5. The van der Waals surface area contributed by atoms with Crippen LogP contribution in [0.2, 0.25) is 0 Å². The van der Waals surface area contributed by atoms with Gasteiger partial charge in [0, 0.05) is 12.0 Å². The van der Waals surface area contributed by atoms with Crippen LogP contribution in [0.5, 0.6) is 5.75 Å². The lowest BCUT2D eigenvalue weighted by atomic mass is 9.84. The predicted octanol–water partition coefficient (Wildman–Crippen LogP) is 2.16. The van der Waals surface area contributed by atoms with Crippen LogP contribution in [0.4, 0.5) is 0 Å². The van der Waals surface area contributed by atoms with E-state index in [1.807, 2.05) is 12.1 Å². The Morgan fingerprint density at radius 2 is 1.89 bits per heavy atom. The number of rotatable bonds is 7. The largest absolute Gasteiger partial charge is 0.497 e. The van der Waals surface area contributed by atoms with Crippen molar-refractivity contribution in [2.75, 3.05) is 26.7 Å². The van der Waals surface area contributed by atoms with Crippen molar-refractivity contribution in [2.24, 2.45) is 11.7 Å². The van der Waals surface area contributed by atoms with Gasteiger partial charge in [-0.25, -0.2) is 0 Å². The second-order valence-electron chi connectivity index (χ2n) is 5.58. The van der Waals surface area contributed by atoms with E-state index in [1.54, 1.807) is 7.11 Å². The average Bonchev–Trinajstić information content (AvgIpc) is 2.38. The summed E-state index contributed by atoms with van der Waals surface area (Å²) in [6, 6.07) is 8.29. The summed E-state index contributed by atoms with van der Waals surface area (Å²) in [7, 11) is 1.69. The molecule has 0 aliphatic carbocycles. The van der Waals surface area contributed by atoms with Gasteiger partial charge in [-0.15, -0.1) is 0 Å². The fourth-order valence-electron chi connectivity index (χ4n) is 1.86. The zero-order chi connectivity index (χ0) is 13.6. The molecule has 18 heavy (non-hydrogen) atoms. The van der Waals surface area contributed by atoms with Crippen LogP contribution in [0.25, 0.3) is 0 Å². The summed E-state index contributed by atoms with van der Waals surface area (Å²) in [5.74, 6) is 1.43. The minimum absolute atomic E-state index is 0.112. The van der Waals surface area contributed by atoms with Crippen molar-refractivity contribution in [1.29, 1.82) is 0 Å². The van der Waals surface area contributed by atoms with Crippen molar-refractivity contribution in [3.63, 3.8) is 0 Å². The second kappa shape index (κ2) is 6.76. The molecule has 0 heterocycles. The van der Waals surface area contributed by atoms with Crippen LogP contribution in [-0.2, 0) is 5.41 Å². The van der Waals surface area contributed by atoms with E-state index in [0.717, 1.165) is 25.4 Å². The van der Waals surface area contributed by atoms with Gasteiger partial charge in [0.1, 0.15) is 5.75 Å². The maximum absolute atomic E-state index is 5.61. The predicted molar refractivity (Wildman–Crippen MR) is 77.1 cm³/mol. The topological polar surface area (TPSA) is 47.3 Å². The zero-order valence-electron chi connectivity index (χ0n) is 12.0. The van der Waals surface area contributed by atoms with Gasteiger partial charge in [0.05, 0.1) is 7.11 Å². The first-order chi connectivity index (χ1) is 8.49. The summed E-state index contributed by atoms with van der Waals surface area (Å²) in [6.45, 7) is 9.30. The molecule has 0 saturated heterocycles. The molecule has 0 aliphatic heterocycles. The van der Waals surface area contributed by atoms with Crippen LogP contribution in [0.15, 0.2) is 24.3 Å². The molecule has 3 N–H and O–H groups in total. The molecule has 0 fully saturated rings. The Labute approximate surface area is 111 Å². The van der Waals surface area contributed by atoms with Crippen molar-refractivity contribution >= 4 is 0 Å². The van der Waals surface area contributed by atoms with E-state index in [1.165, 1.54) is 5.56 Å². The number of nitrogens with one attached hydrogen (secondary N) is 1. The normalized spacial score (nSPS) is 13.4. The molecule has 0 amide bonds. The van der Waals surface area contributed by atoms with E-state index in [0.29, 0.717) is 5.92 Å². The van der Waals surface area contributed by atoms with Gasteiger partial charge in [0.25, 0.3) is 0 Å². The molecule has 3 heteroatoms. The average molecular weight is 250 g/mol. The van der Waals surface area contributed by atoms with Crippen molar-refractivity contribution in [1.82, 2.24) is 5.32 Å². The number of nitrogens with two attached hydrogens (primary N) is 1. The summed E-state index contributed by atoms with van der Waals surface area (Å²) in [4.78, 5) is 0. The van der Waals surface area contributed by atoms with Crippen LogP contribution in [0.3, 0.4) is 0 Å². The van der Waals surface area contributed by atoms with Crippen molar-refractivity contribution in [2.45, 2.75) is 26.2 Å². The van der Waals surface area contributed by atoms with Crippen LogP contribution in [-0.4, -0.2) is 26.7 Å². The van der Waals surface area contributed by atoms with Gasteiger partial charge >= 0.3 is 0 Å². The highest BCUT2D eigenvalue weighted by molar-refractivity contribution is 5.31. The lowest BCUT2D eigenvalue weighted by Crippen LogP contribution is -2.36. The number of methoxy groups -OCH3 is 1. The Morgan fingerprint density at radius 3 is 2.39 bits per heavy atom. The third-order valence-corrected chi connectivity index (χ3v) is 3.33. The van der Waals surface area contributed by atoms with E-state index in [4.69, 9.17) is 10.5 Å². The Balaban J connectivity index is 2.56. The molecular formula is C15H26N2O. The summed E-state index contributed by atoms with van der Waals surface area (Å²) >= 11 is 0. The summed E-state index contributed by atoms with van der Waals surface area (Å²) in [5.41, 5.74) is 7.04. The lowest BCUT2D eigenvalue weighted by molar-refractivity contribution is 0.412. The van der Waals surface area contributed by atoms with E-state index in [-0.39, 0.29) is 5.41 Å². The number of ether oxygens (including phenoxy) is 1. The standard InChI is InChI=1S/C15H26N2O/c1-12(9-16)10-17-11-15(2,3)13-5-7-14(18-4)8-6-13/h5-8,12,17H,9-11,16H2,1-4H3. The first-order valence-corrected chi connectivity index (χ1v) is 6.55. The first-order valence-electron chi connectivity index (χ1n) is 6.55. The van der Waals surface area contributed by atoms with Gasteiger partial charge in [0.15, 0.2) is 0 Å². The number of benzene rings is 1. The van der Waals surface area contributed by atoms with Crippen LogP contribution < -0.4 is 15.8 Å². The Morgan fingerprint density at radius 1 is 1.28 bits per heavy atom. The van der Waals surface area contributed by atoms with Gasteiger partial charge in [-0.2, -0.15) is 0 Å². The van der Waals surface area contributed by atoms with Gasteiger partial charge in [-0.05, 0) is 36.7 Å². The molecule has 1 unspecified atom stereocenters. The van der Waals surface area contributed by atoms with Gasteiger partial charge in [0.2, 0.25) is 0 Å². The summed E-state index contributed by atoms with van der Waals surface area (Å²) in [5, 5.41) is 3.49. The van der Waals surface area contributed by atoms with Crippen LogP contribution in [0.1, 0.15) is 26.3 Å². The molecule has 1 aromatic carbocycles. The fourth-order valence-corrected chi connectivity index (χ4v) is 1.86. The Hall–Kier alpha value is -1.06. The highest BCUT2D eigenvalue weighted by Gasteiger charge is 2.20. The molecule has 3 nitrogen and oxygen atoms in total. The van der Waals surface area contributed by atoms with E-state index < -0.39 is 0 Å². The number of hydrogen-bond donors (Lipinski definition) is 2. The van der Waals surface area contributed by atoms with Crippen molar-refractivity contribution < 1.29 is 4.74 Å². The Kier molecular flexibility index (Phi) is 5.63. The molecule has 1 atom stereocenters. The first kappa shape index (κ1) is 15.0. The maximum atomic E-state index is 5.61. The second-order valence-corrected chi connectivity index (χ2v) is 5.58. The Bertz CT molecular complexity index is 346. The quantitative estimate of drug-likeness (QED) is 0.779. The highest BCUT2D eigenvalue weighted by Crippen LogP contribution is 2.24. The maximum Gasteiger partial charge on any atom is 0.118 e. The van der Waals surface area contributed by atoms with E-state index in [9.17, 15) is 0 Å². The van der Waals surface area contributed by atoms with Crippen LogP contribution in [0, 0.1) is 5.92 Å². The summed E-state index contributed by atoms with van der Waals surface area (Å²) in [6.07, 6.45) is 0. The third kappa shape index (κ3) is 4.31. The molecule has 0 aromatic heterocycles. The molecule has 0 bridgehead atoms. The van der Waals surface area contributed by atoms with Gasteiger partial charge < -0.3 is 15.8 Å². The third-order valence-electron chi connectivity index (χ3n) is 3.33. The monoisotopic (exact) mass is 250 g/mol. The molecule has 0 radical (unpaired) electrons. The molecule has 0 spiro atoms. The van der Waals surface area contributed by atoms with Crippen molar-refractivity contribution in [3.8, 4) is 5.75 Å². The van der Waals surface area contributed by atoms with Gasteiger partial charge in [-0.1, -0.05) is 32.9 Å². The zero-order valence-corrected chi connectivity index (χ0v) is 12.0. The smallest absolute Gasteiger partial charge is 0.118 e. The van der Waals surface area contributed by atoms with E-state index in [2.05, 4.69) is 38.2 Å². The van der Waals surface area contributed by atoms with Crippen molar-refractivity contribution in [3.05, 3.63) is 29.8 Å². The molecule has 1 rings (SSSR count). The lowest BCUT2D eigenvalue weighted by Gasteiger charge is -2.26. The van der Waals surface area contributed by atoms with Gasteiger partial charge in [-0.3, -0.25) is 0 Å².